The molecule has 4 nitrogen and oxygen atoms in total. The van der Waals surface area contributed by atoms with Crippen LogP contribution in [0.15, 0.2) is 48.5 Å². The molecule has 0 fully saturated rings. The van der Waals surface area contributed by atoms with Gasteiger partial charge in [0, 0.05) is 24.0 Å². The molecule has 0 spiro atoms. The van der Waals surface area contributed by atoms with E-state index in [4.69, 9.17) is 10.5 Å². The summed E-state index contributed by atoms with van der Waals surface area (Å²) in [6, 6.07) is 11.8. The molecule has 3 N–H and O–H groups in total. The number of aliphatic hydroxyl groups excluding tert-OH is 1. The van der Waals surface area contributed by atoms with Crippen LogP contribution in [-0.4, -0.2) is 22.3 Å². The van der Waals surface area contributed by atoms with Crippen molar-refractivity contribution in [3.05, 3.63) is 59.7 Å². The third-order valence-corrected chi connectivity index (χ3v) is 4.23. The van der Waals surface area contributed by atoms with Gasteiger partial charge < -0.3 is 20.1 Å². The second-order valence-corrected chi connectivity index (χ2v) is 6.13. The first-order chi connectivity index (χ1) is 12.3. The molecule has 1 atom stereocenters. The fourth-order valence-corrected chi connectivity index (χ4v) is 2.95. The zero-order valence-electron chi connectivity index (χ0n) is 14.5. The van der Waals surface area contributed by atoms with Crippen LogP contribution < -0.4 is 10.5 Å². The highest BCUT2D eigenvalue weighted by Gasteiger charge is 2.31. The van der Waals surface area contributed by atoms with Gasteiger partial charge in [-0.15, -0.1) is 12.4 Å². The molecule has 0 saturated carbocycles. The number of aliphatic hydroxyl groups is 1. The van der Waals surface area contributed by atoms with Crippen molar-refractivity contribution < 1.29 is 23.0 Å². The molecule has 3 rings (SSSR count). The van der Waals surface area contributed by atoms with Gasteiger partial charge in [0.05, 0.1) is 17.7 Å². The number of nitrogens with zero attached hydrogens (tertiary/aromatic N) is 1. The van der Waals surface area contributed by atoms with Crippen LogP contribution in [0.5, 0.6) is 11.6 Å². The Kier molecular flexibility index (Phi) is 6.41. The Morgan fingerprint density at radius 1 is 1.15 bits per heavy atom. The number of hydrogen-bond donors (Lipinski definition) is 2. The molecular weight excluding hydrogens is 381 g/mol. The predicted octanol–water partition coefficient (Wildman–Crippen LogP) is 4.27. The number of rotatable bonds is 5. The Bertz CT molecular complexity index is 925. The van der Waals surface area contributed by atoms with Crippen molar-refractivity contribution in [1.29, 1.82) is 0 Å². The average Bonchev–Trinajstić information content (AvgIpc) is 2.87. The van der Waals surface area contributed by atoms with Crippen LogP contribution in [0.2, 0.25) is 0 Å². The number of aromatic nitrogens is 1. The van der Waals surface area contributed by atoms with Crippen molar-refractivity contribution in [2.45, 2.75) is 18.6 Å². The summed E-state index contributed by atoms with van der Waals surface area (Å²) >= 11 is 0. The van der Waals surface area contributed by atoms with Crippen molar-refractivity contribution in [2.24, 2.45) is 12.8 Å². The van der Waals surface area contributed by atoms with Crippen molar-refractivity contribution in [2.75, 3.05) is 6.61 Å². The number of fused-ring (bicyclic) bond motifs is 1. The first-order valence-corrected chi connectivity index (χ1v) is 8.09. The second kappa shape index (κ2) is 8.21. The number of nitrogens with two attached hydrogens (primary N) is 1. The topological polar surface area (TPSA) is 60.4 Å². The molecule has 1 heterocycles. The molecule has 146 valence electrons. The Hall–Kier alpha value is -2.22. The minimum atomic E-state index is -4.44. The maximum absolute atomic E-state index is 12.9. The van der Waals surface area contributed by atoms with E-state index in [0.29, 0.717) is 12.3 Å². The maximum atomic E-state index is 12.9. The van der Waals surface area contributed by atoms with E-state index in [2.05, 4.69) is 0 Å². The maximum Gasteiger partial charge on any atom is 0.416 e. The quantitative estimate of drug-likeness (QED) is 0.672. The fourth-order valence-electron chi connectivity index (χ4n) is 2.95. The summed E-state index contributed by atoms with van der Waals surface area (Å²) in [5.41, 5.74) is 6.73. The van der Waals surface area contributed by atoms with E-state index in [1.807, 2.05) is 24.3 Å². The SMILES string of the molecule is Cl.Cn1c(Oc2cccc(C(F)(F)F)c2)c(CC(N)CO)c2ccccc21. The summed E-state index contributed by atoms with van der Waals surface area (Å²) in [5.74, 6) is 0.499. The number of halogens is 4. The van der Waals surface area contributed by atoms with Crippen LogP contribution >= 0.6 is 12.4 Å². The molecule has 1 unspecified atom stereocenters. The van der Waals surface area contributed by atoms with E-state index in [1.165, 1.54) is 12.1 Å². The van der Waals surface area contributed by atoms with Crippen molar-refractivity contribution in [3.8, 4) is 11.6 Å². The highest BCUT2D eigenvalue weighted by Crippen LogP contribution is 2.37. The molecule has 2 aromatic carbocycles. The molecule has 27 heavy (non-hydrogen) atoms. The monoisotopic (exact) mass is 400 g/mol. The van der Waals surface area contributed by atoms with Crippen LogP contribution in [0.4, 0.5) is 13.2 Å². The van der Waals surface area contributed by atoms with Gasteiger partial charge in [0.25, 0.3) is 0 Å². The molecule has 1 aromatic heterocycles. The zero-order chi connectivity index (χ0) is 18.9. The number of para-hydroxylation sites is 1. The van der Waals surface area contributed by atoms with Crippen LogP contribution in [-0.2, 0) is 19.6 Å². The molecule has 3 aromatic rings. The first kappa shape index (κ1) is 21.1. The van der Waals surface area contributed by atoms with Crippen molar-refractivity contribution >= 4 is 23.3 Å². The van der Waals surface area contributed by atoms with Gasteiger partial charge in [-0.1, -0.05) is 24.3 Å². The van der Waals surface area contributed by atoms with E-state index in [9.17, 15) is 18.3 Å². The third kappa shape index (κ3) is 4.37. The smallest absolute Gasteiger partial charge is 0.416 e. The summed E-state index contributed by atoms with van der Waals surface area (Å²) in [6.07, 6.45) is -4.10. The van der Waals surface area contributed by atoms with Gasteiger partial charge in [-0.3, -0.25) is 0 Å². The summed E-state index contributed by atoms with van der Waals surface area (Å²) in [7, 11) is 1.78. The molecule has 0 aliphatic heterocycles. The first-order valence-electron chi connectivity index (χ1n) is 8.09. The number of hydrogen-bond acceptors (Lipinski definition) is 3. The Balaban J connectivity index is 0.00000261. The van der Waals surface area contributed by atoms with Crippen LogP contribution in [0.3, 0.4) is 0 Å². The lowest BCUT2D eigenvalue weighted by molar-refractivity contribution is -0.137. The minimum Gasteiger partial charge on any atom is -0.441 e. The highest BCUT2D eigenvalue weighted by atomic mass is 35.5. The molecule has 0 aliphatic carbocycles. The van der Waals surface area contributed by atoms with E-state index >= 15 is 0 Å². The summed E-state index contributed by atoms with van der Waals surface area (Å²) in [5, 5.41) is 10.2. The molecule has 8 heteroatoms. The highest BCUT2D eigenvalue weighted by molar-refractivity contribution is 5.87. The lowest BCUT2D eigenvalue weighted by Crippen LogP contribution is -2.26. The van der Waals surface area contributed by atoms with E-state index in [-0.39, 0.29) is 24.8 Å². The van der Waals surface area contributed by atoms with Gasteiger partial charge in [0.15, 0.2) is 0 Å². The van der Waals surface area contributed by atoms with Gasteiger partial charge in [-0.05, 0) is 30.7 Å². The van der Waals surface area contributed by atoms with Crippen LogP contribution in [0.25, 0.3) is 10.9 Å². The third-order valence-electron chi connectivity index (χ3n) is 4.23. The Morgan fingerprint density at radius 2 is 1.85 bits per heavy atom. The second-order valence-electron chi connectivity index (χ2n) is 6.13. The van der Waals surface area contributed by atoms with Crippen molar-refractivity contribution in [3.63, 3.8) is 0 Å². The minimum absolute atomic E-state index is 0. The standard InChI is InChI=1S/C19H19F3N2O2.ClH/c1-24-17-8-3-2-7-15(17)16(10-13(23)11-25)18(24)26-14-6-4-5-12(9-14)19(20,21)22;/h2-9,13,25H,10-11,23H2,1H3;1H. The summed E-state index contributed by atoms with van der Waals surface area (Å²) in [4.78, 5) is 0. The van der Waals surface area contributed by atoms with E-state index in [0.717, 1.165) is 28.6 Å². The van der Waals surface area contributed by atoms with Gasteiger partial charge >= 0.3 is 6.18 Å². The van der Waals surface area contributed by atoms with E-state index in [1.54, 1.807) is 11.6 Å². The molecule has 0 bridgehead atoms. The number of ether oxygens (including phenoxy) is 1. The number of aryl methyl sites for hydroxylation is 1. The van der Waals surface area contributed by atoms with Gasteiger partial charge in [-0.2, -0.15) is 13.2 Å². The van der Waals surface area contributed by atoms with Gasteiger partial charge in [0.1, 0.15) is 5.75 Å². The molecular formula is C19H20ClF3N2O2. The number of benzene rings is 2. The molecule has 0 saturated heterocycles. The van der Waals surface area contributed by atoms with Gasteiger partial charge in [-0.25, -0.2) is 0 Å². The zero-order valence-corrected chi connectivity index (χ0v) is 15.3. The lowest BCUT2D eigenvalue weighted by atomic mass is 10.1. The van der Waals surface area contributed by atoms with Crippen molar-refractivity contribution in [1.82, 2.24) is 4.57 Å². The molecule has 0 aliphatic rings. The summed E-state index contributed by atoms with van der Waals surface area (Å²) < 4.78 is 46.4. The van der Waals surface area contributed by atoms with E-state index < -0.39 is 17.8 Å². The summed E-state index contributed by atoms with van der Waals surface area (Å²) in [6.45, 7) is -0.202. The predicted molar refractivity (Wildman–Crippen MR) is 100 cm³/mol. The normalized spacial score (nSPS) is 12.7. The average molecular weight is 401 g/mol. The Labute approximate surface area is 160 Å². The largest absolute Gasteiger partial charge is 0.441 e. The van der Waals surface area contributed by atoms with Crippen LogP contribution in [0, 0.1) is 0 Å². The van der Waals surface area contributed by atoms with Gasteiger partial charge in [0.2, 0.25) is 5.88 Å². The lowest BCUT2D eigenvalue weighted by Gasteiger charge is -2.14. The molecule has 0 radical (unpaired) electrons. The van der Waals surface area contributed by atoms with Crippen LogP contribution in [0.1, 0.15) is 11.1 Å². The fraction of sp³-hybridized carbons (Fsp3) is 0.263. The Morgan fingerprint density at radius 3 is 2.52 bits per heavy atom. The number of alkyl halides is 3. The molecule has 0 amide bonds.